The molecule has 3 N–H and O–H groups in total. The molecule has 6 nitrogen and oxygen atoms in total. The van der Waals surface area contributed by atoms with Crippen molar-refractivity contribution in [3.05, 3.63) is 17.7 Å². The fourth-order valence-corrected chi connectivity index (χ4v) is 1.67. The van der Waals surface area contributed by atoms with Gasteiger partial charge in [-0.15, -0.1) is 0 Å². The number of carbonyl (C=O) groups excluding carboxylic acids is 1. The van der Waals surface area contributed by atoms with Crippen LogP contribution >= 0.6 is 0 Å². The maximum absolute atomic E-state index is 11.9. The molecule has 0 aromatic heterocycles. The number of methoxy groups -OCH3 is 1. The number of fused-ring (bicyclic) bond motifs is 1. The standard InChI is InChI=1S/C12H16N2O4/c1-16-4-2-3-14-12(15)8-5-10-11(6-9(8)13)18-7-17-10/h5-6H,2-4,7,13H2,1H3,(H,14,15). The van der Waals surface area contributed by atoms with E-state index in [9.17, 15) is 4.79 Å². The summed E-state index contributed by atoms with van der Waals surface area (Å²) < 4.78 is 15.3. The quantitative estimate of drug-likeness (QED) is 0.597. The van der Waals surface area contributed by atoms with Crippen molar-refractivity contribution in [1.82, 2.24) is 5.32 Å². The van der Waals surface area contributed by atoms with Crippen LogP contribution in [0.3, 0.4) is 0 Å². The number of nitrogens with one attached hydrogen (secondary N) is 1. The van der Waals surface area contributed by atoms with Crippen LogP contribution in [0.15, 0.2) is 12.1 Å². The largest absolute Gasteiger partial charge is 0.454 e. The Hall–Kier alpha value is -1.95. The van der Waals surface area contributed by atoms with Gasteiger partial charge in [0.25, 0.3) is 5.91 Å². The van der Waals surface area contributed by atoms with Crippen LogP contribution in [-0.4, -0.2) is 33.0 Å². The molecule has 0 radical (unpaired) electrons. The van der Waals surface area contributed by atoms with Gasteiger partial charge in [-0.25, -0.2) is 0 Å². The second-order valence-electron chi connectivity index (χ2n) is 3.89. The summed E-state index contributed by atoms with van der Waals surface area (Å²) in [5.74, 6) is 0.900. The van der Waals surface area contributed by atoms with Crippen LogP contribution in [0, 0.1) is 0 Å². The molecule has 0 aliphatic carbocycles. The van der Waals surface area contributed by atoms with Crippen molar-refractivity contribution in [2.45, 2.75) is 6.42 Å². The van der Waals surface area contributed by atoms with E-state index in [0.717, 1.165) is 6.42 Å². The summed E-state index contributed by atoms with van der Waals surface area (Å²) in [5, 5.41) is 2.77. The Balaban J connectivity index is 2.02. The minimum absolute atomic E-state index is 0.160. The van der Waals surface area contributed by atoms with Crippen molar-refractivity contribution >= 4 is 11.6 Å². The predicted molar refractivity (Wildman–Crippen MR) is 65.8 cm³/mol. The Morgan fingerprint density at radius 1 is 1.44 bits per heavy atom. The maximum Gasteiger partial charge on any atom is 0.253 e. The fourth-order valence-electron chi connectivity index (χ4n) is 1.67. The van der Waals surface area contributed by atoms with E-state index in [1.165, 1.54) is 0 Å². The molecule has 0 saturated carbocycles. The van der Waals surface area contributed by atoms with Crippen LogP contribution < -0.4 is 20.5 Å². The minimum atomic E-state index is -0.220. The van der Waals surface area contributed by atoms with E-state index in [4.69, 9.17) is 19.9 Å². The number of rotatable bonds is 5. The predicted octanol–water partition coefficient (Wildman–Crippen LogP) is 0.764. The minimum Gasteiger partial charge on any atom is -0.454 e. The van der Waals surface area contributed by atoms with Crippen molar-refractivity contribution < 1.29 is 19.0 Å². The zero-order valence-corrected chi connectivity index (χ0v) is 10.2. The van der Waals surface area contributed by atoms with Crippen molar-refractivity contribution in [2.75, 3.05) is 32.8 Å². The summed E-state index contributed by atoms with van der Waals surface area (Å²) in [6.45, 7) is 1.31. The monoisotopic (exact) mass is 252 g/mol. The summed E-state index contributed by atoms with van der Waals surface area (Å²) in [6.07, 6.45) is 0.757. The van der Waals surface area contributed by atoms with Crippen molar-refractivity contribution in [3.8, 4) is 11.5 Å². The Labute approximate surface area is 105 Å². The second kappa shape index (κ2) is 5.59. The molecule has 0 unspecified atom stereocenters. The lowest BCUT2D eigenvalue weighted by Gasteiger charge is -2.08. The number of nitrogen functional groups attached to an aromatic ring is 1. The number of carbonyl (C=O) groups is 1. The first-order valence-electron chi connectivity index (χ1n) is 5.68. The molecule has 18 heavy (non-hydrogen) atoms. The molecule has 1 aromatic carbocycles. The molecule has 1 aromatic rings. The van der Waals surface area contributed by atoms with Gasteiger partial charge >= 0.3 is 0 Å². The molecule has 6 heteroatoms. The van der Waals surface area contributed by atoms with Gasteiger partial charge < -0.3 is 25.3 Å². The summed E-state index contributed by atoms with van der Waals surface area (Å²) in [6, 6.07) is 3.20. The van der Waals surface area contributed by atoms with E-state index < -0.39 is 0 Å². The molecule has 0 bridgehead atoms. The molecule has 2 rings (SSSR count). The van der Waals surface area contributed by atoms with Gasteiger partial charge in [0.15, 0.2) is 11.5 Å². The van der Waals surface area contributed by atoms with Gasteiger partial charge in [0.1, 0.15) is 0 Å². The first-order valence-corrected chi connectivity index (χ1v) is 5.68. The third kappa shape index (κ3) is 2.65. The van der Waals surface area contributed by atoms with E-state index >= 15 is 0 Å². The molecular weight excluding hydrogens is 236 g/mol. The van der Waals surface area contributed by atoms with Gasteiger partial charge in [0.2, 0.25) is 6.79 Å². The molecule has 1 aliphatic heterocycles. The molecule has 0 atom stereocenters. The second-order valence-corrected chi connectivity index (χ2v) is 3.89. The highest BCUT2D eigenvalue weighted by molar-refractivity contribution is 6.00. The Morgan fingerprint density at radius 3 is 2.89 bits per heavy atom. The average Bonchev–Trinajstić information content (AvgIpc) is 2.80. The van der Waals surface area contributed by atoms with Crippen LogP contribution in [0.25, 0.3) is 0 Å². The highest BCUT2D eigenvalue weighted by Crippen LogP contribution is 2.35. The topological polar surface area (TPSA) is 82.8 Å². The summed E-state index contributed by atoms with van der Waals surface area (Å²) in [5.41, 5.74) is 6.58. The lowest BCUT2D eigenvalue weighted by molar-refractivity contribution is 0.0949. The number of anilines is 1. The summed E-state index contributed by atoms with van der Waals surface area (Å²) in [4.78, 5) is 11.9. The first-order chi connectivity index (χ1) is 8.72. The molecule has 98 valence electrons. The molecule has 0 spiro atoms. The number of amides is 1. The number of nitrogens with two attached hydrogens (primary N) is 1. The molecule has 1 amide bonds. The van der Waals surface area contributed by atoms with Gasteiger partial charge in [-0.2, -0.15) is 0 Å². The maximum atomic E-state index is 11.9. The number of ether oxygens (including phenoxy) is 3. The molecule has 0 saturated heterocycles. The zero-order valence-electron chi connectivity index (χ0n) is 10.2. The van der Waals surface area contributed by atoms with E-state index in [0.29, 0.717) is 35.9 Å². The van der Waals surface area contributed by atoms with Gasteiger partial charge in [-0.3, -0.25) is 4.79 Å². The average molecular weight is 252 g/mol. The Morgan fingerprint density at radius 2 is 2.17 bits per heavy atom. The zero-order chi connectivity index (χ0) is 13.0. The number of benzene rings is 1. The number of hydrogen-bond acceptors (Lipinski definition) is 5. The van der Waals surface area contributed by atoms with Gasteiger partial charge in [0, 0.05) is 32.0 Å². The SMILES string of the molecule is COCCCNC(=O)c1cc2c(cc1N)OCO2. The highest BCUT2D eigenvalue weighted by atomic mass is 16.7. The van der Waals surface area contributed by atoms with E-state index in [-0.39, 0.29) is 12.7 Å². The van der Waals surface area contributed by atoms with Crippen LogP contribution in [-0.2, 0) is 4.74 Å². The molecular formula is C12H16N2O4. The lowest BCUT2D eigenvalue weighted by Crippen LogP contribution is -2.26. The van der Waals surface area contributed by atoms with Crippen LogP contribution in [0.5, 0.6) is 11.5 Å². The van der Waals surface area contributed by atoms with E-state index in [1.807, 2.05) is 0 Å². The van der Waals surface area contributed by atoms with Crippen LogP contribution in [0.2, 0.25) is 0 Å². The fraction of sp³-hybridized carbons (Fsp3) is 0.417. The smallest absolute Gasteiger partial charge is 0.253 e. The number of hydrogen-bond donors (Lipinski definition) is 2. The van der Waals surface area contributed by atoms with E-state index in [1.54, 1.807) is 19.2 Å². The lowest BCUT2D eigenvalue weighted by atomic mass is 10.1. The molecule has 1 heterocycles. The normalized spacial score (nSPS) is 12.5. The van der Waals surface area contributed by atoms with Crippen LogP contribution in [0.4, 0.5) is 5.69 Å². The summed E-state index contributed by atoms with van der Waals surface area (Å²) in [7, 11) is 1.62. The van der Waals surface area contributed by atoms with Crippen molar-refractivity contribution in [1.29, 1.82) is 0 Å². The van der Waals surface area contributed by atoms with E-state index in [2.05, 4.69) is 5.32 Å². The Kier molecular flexibility index (Phi) is 3.88. The van der Waals surface area contributed by atoms with Crippen LogP contribution in [0.1, 0.15) is 16.8 Å². The van der Waals surface area contributed by atoms with Crippen molar-refractivity contribution in [2.24, 2.45) is 0 Å². The summed E-state index contributed by atoms with van der Waals surface area (Å²) >= 11 is 0. The third-order valence-electron chi connectivity index (χ3n) is 2.60. The molecule has 1 aliphatic rings. The van der Waals surface area contributed by atoms with Gasteiger partial charge in [0.05, 0.1) is 5.56 Å². The third-order valence-corrected chi connectivity index (χ3v) is 2.60. The highest BCUT2D eigenvalue weighted by Gasteiger charge is 2.19. The Bertz CT molecular complexity index is 448. The van der Waals surface area contributed by atoms with Gasteiger partial charge in [-0.05, 0) is 12.5 Å². The first kappa shape index (κ1) is 12.5. The molecule has 0 fully saturated rings. The van der Waals surface area contributed by atoms with Crippen molar-refractivity contribution in [3.63, 3.8) is 0 Å². The van der Waals surface area contributed by atoms with Gasteiger partial charge in [-0.1, -0.05) is 0 Å².